The van der Waals surface area contributed by atoms with Crippen molar-refractivity contribution in [3.8, 4) is 17.0 Å². The summed E-state index contributed by atoms with van der Waals surface area (Å²) in [6, 6.07) is 9.53. The van der Waals surface area contributed by atoms with E-state index in [1.54, 1.807) is 48.9 Å². The number of nitrogens with zero attached hydrogens (tertiary/aromatic N) is 3. The van der Waals surface area contributed by atoms with Crippen LogP contribution in [0.1, 0.15) is 17.0 Å². The molecule has 0 saturated carbocycles. The van der Waals surface area contributed by atoms with Gasteiger partial charge < -0.3 is 9.63 Å². The molecule has 8 heteroatoms. The van der Waals surface area contributed by atoms with Crippen molar-refractivity contribution in [1.82, 2.24) is 9.56 Å². The SMILES string of the molecule is Cc1noc(C)c1-c1c(O)[n+](Cc2ccc(F)c(Cl)c2)c2ccccn2c1=O. The predicted molar refractivity (Wildman–Crippen MR) is 101 cm³/mol. The van der Waals surface area contributed by atoms with Crippen LogP contribution in [0.3, 0.4) is 0 Å². The molecular formula is C20H16ClFN3O3+. The van der Waals surface area contributed by atoms with E-state index in [0.717, 1.165) is 0 Å². The molecule has 4 aromatic rings. The number of aromatic nitrogens is 3. The minimum atomic E-state index is -0.523. The van der Waals surface area contributed by atoms with Crippen molar-refractivity contribution in [2.24, 2.45) is 0 Å². The van der Waals surface area contributed by atoms with Gasteiger partial charge in [-0.3, -0.25) is 0 Å². The number of halogens is 2. The molecule has 1 aromatic carbocycles. The fourth-order valence-electron chi connectivity index (χ4n) is 3.32. The van der Waals surface area contributed by atoms with Gasteiger partial charge in [-0.15, -0.1) is 0 Å². The summed E-state index contributed by atoms with van der Waals surface area (Å²) >= 11 is 5.89. The van der Waals surface area contributed by atoms with Crippen molar-refractivity contribution in [2.45, 2.75) is 20.4 Å². The third-order valence-electron chi connectivity index (χ3n) is 4.63. The maximum atomic E-state index is 13.5. The highest BCUT2D eigenvalue weighted by molar-refractivity contribution is 6.30. The van der Waals surface area contributed by atoms with Crippen LogP contribution in [0.15, 0.2) is 51.9 Å². The van der Waals surface area contributed by atoms with E-state index in [-0.39, 0.29) is 23.0 Å². The summed E-state index contributed by atoms with van der Waals surface area (Å²) in [6.45, 7) is 3.56. The van der Waals surface area contributed by atoms with Crippen molar-refractivity contribution in [3.05, 3.63) is 80.8 Å². The van der Waals surface area contributed by atoms with E-state index >= 15 is 0 Å². The van der Waals surface area contributed by atoms with E-state index in [0.29, 0.717) is 28.2 Å². The summed E-state index contributed by atoms with van der Waals surface area (Å²) < 4.78 is 21.7. The van der Waals surface area contributed by atoms with E-state index in [2.05, 4.69) is 5.16 Å². The smallest absolute Gasteiger partial charge is 0.354 e. The molecule has 0 aliphatic carbocycles. The van der Waals surface area contributed by atoms with Gasteiger partial charge in [0.2, 0.25) is 0 Å². The molecule has 4 rings (SSSR count). The highest BCUT2D eigenvalue weighted by Gasteiger charge is 2.29. The lowest BCUT2D eigenvalue weighted by molar-refractivity contribution is -0.671. The quantitative estimate of drug-likeness (QED) is 0.535. The fraction of sp³-hybridized carbons (Fsp3) is 0.150. The summed E-state index contributed by atoms with van der Waals surface area (Å²) in [4.78, 5) is 13.1. The van der Waals surface area contributed by atoms with E-state index in [1.165, 1.54) is 16.5 Å². The molecule has 1 N–H and O–H groups in total. The van der Waals surface area contributed by atoms with Gasteiger partial charge in [-0.25, -0.2) is 9.18 Å². The summed E-state index contributed by atoms with van der Waals surface area (Å²) in [5.41, 5.74) is 1.79. The van der Waals surface area contributed by atoms with Crippen LogP contribution >= 0.6 is 11.6 Å². The largest absolute Gasteiger partial charge is 0.477 e. The van der Waals surface area contributed by atoms with Gasteiger partial charge in [-0.05, 0) is 37.6 Å². The number of pyridine rings is 1. The number of benzene rings is 1. The molecule has 0 atom stereocenters. The Balaban J connectivity index is 2.03. The molecule has 0 amide bonds. The van der Waals surface area contributed by atoms with Crippen LogP contribution < -0.4 is 10.1 Å². The molecule has 0 aliphatic rings. The van der Waals surface area contributed by atoms with Crippen LogP contribution in [-0.4, -0.2) is 14.7 Å². The second kappa shape index (κ2) is 6.76. The van der Waals surface area contributed by atoms with Gasteiger partial charge in [0.15, 0.2) is 5.56 Å². The second-order valence-corrected chi connectivity index (χ2v) is 6.87. The third-order valence-corrected chi connectivity index (χ3v) is 4.92. The van der Waals surface area contributed by atoms with Gasteiger partial charge in [0.1, 0.15) is 18.1 Å². The van der Waals surface area contributed by atoms with Crippen LogP contribution in [0.2, 0.25) is 5.02 Å². The van der Waals surface area contributed by atoms with Crippen LogP contribution in [0.25, 0.3) is 16.8 Å². The lowest BCUT2D eigenvalue weighted by atomic mass is 10.1. The van der Waals surface area contributed by atoms with Crippen molar-refractivity contribution in [1.29, 1.82) is 0 Å². The van der Waals surface area contributed by atoms with Crippen LogP contribution in [-0.2, 0) is 6.54 Å². The number of rotatable bonds is 3. The zero-order chi connectivity index (χ0) is 20.0. The molecule has 0 saturated heterocycles. The Morgan fingerprint density at radius 3 is 2.71 bits per heavy atom. The predicted octanol–water partition coefficient (Wildman–Crippen LogP) is 3.41. The molecule has 28 heavy (non-hydrogen) atoms. The van der Waals surface area contributed by atoms with E-state index < -0.39 is 11.4 Å². The van der Waals surface area contributed by atoms with E-state index in [9.17, 15) is 14.3 Å². The zero-order valence-electron chi connectivity index (χ0n) is 15.1. The molecule has 0 aliphatic heterocycles. The number of hydrogen-bond donors (Lipinski definition) is 1. The Morgan fingerprint density at radius 1 is 1.25 bits per heavy atom. The molecule has 0 spiro atoms. The van der Waals surface area contributed by atoms with Crippen LogP contribution in [0, 0.1) is 19.7 Å². The fourth-order valence-corrected chi connectivity index (χ4v) is 3.52. The van der Waals surface area contributed by atoms with E-state index in [1.807, 2.05) is 0 Å². The lowest BCUT2D eigenvalue weighted by Gasteiger charge is -2.10. The first-order valence-electron chi connectivity index (χ1n) is 8.52. The summed E-state index contributed by atoms with van der Waals surface area (Å²) in [6.07, 6.45) is 1.62. The molecule has 0 unspecified atom stereocenters. The lowest BCUT2D eigenvalue weighted by Crippen LogP contribution is -2.41. The van der Waals surface area contributed by atoms with Gasteiger partial charge in [-0.2, -0.15) is 8.97 Å². The first-order chi connectivity index (χ1) is 13.4. The molecule has 3 heterocycles. The summed E-state index contributed by atoms with van der Waals surface area (Å²) in [5.74, 6) is -0.326. The normalized spacial score (nSPS) is 11.3. The van der Waals surface area contributed by atoms with E-state index in [4.69, 9.17) is 16.1 Å². The number of hydrogen-bond acceptors (Lipinski definition) is 4. The maximum Gasteiger partial charge on any atom is 0.354 e. The Labute approximate surface area is 164 Å². The summed E-state index contributed by atoms with van der Waals surface area (Å²) in [5, 5.41) is 14.9. The van der Waals surface area contributed by atoms with Crippen molar-refractivity contribution < 1.29 is 18.6 Å². The molecule has 0 fully saturated rings. The third kappa shape index (κ3) is 2.84. The molecule has 142 valence electrons. The first kappa shape index (κ1) is 18.2. The topological polar surface area (TPSA) is 71.6 Å². The van der Waals surface area contributed by atoms with Gasteiger partial charge >= 0.3 is 5.56 Å². The number of aromatic hydroxyl groups is 1. The van der Waals surface area contributed by atoms with Gasteiger partial charge in [0.25, 0.3) is 11.5 Å². The van der Waals surface area contributed by atoms with Gasteiger partial charge in [0, 0.05) is 6.07 Å². The minimum Gasteiger partial charge on any atom is -0.477 e. The molecule has 3 aromatic heterocycles. The van der Waals surface area contributed by atoms with Crippen LogP contribution in [0.4, 0.5) is 4.39 Å². The zero-order valence-corrected chi connectivity index (χ0v) is 15.9. The first-order valence-corrected chi connectivity index (χ1v) is 8.89. The molecule has 0 bridgehead atoms. The number of aryl methyl sites for hydroxylation is 2. The number of fused-ring (bicyclic) bond motifs is 1. The van der Waals surface area contributed by atoms with Crippen molar-refractivity contribution >= 4 is 17.2 Å². The molecular weight excluding hydrogens is 385 g/mol. The van der Waals surface area contributed by atoms with Crippen molar-refractivity contribution in [2.75, 3.05) is 0 Å². The Kier molecular flexibility index (Phi) is 4.39. The van der Waals surface area contributed by atoms with Gasteiger partial charge in [0.05, 0.1) is 22.5 Å². The maximum absolute atomic E-state index is 13.5. The standard InChI is InChI=1S/C20H15ClFN3O3/c1-11-17(12(2)28-23-11)18-19(26)24-8-4-3-5-16(24)25(20(18)27)10-13-6-7-15(22)14(21)9-13/h3-9H,10H2,1-2H3/p+1. The average molecular weight is 401 g/mol. The highest BCUT2D eigenvalue weighted by Crippen LogP contribution is 2.29. The Hall–Kier alpha value is -3.19. The molecule has 0 radical (unpaired) electrons. The summed E-state index contributed by atoms with van der Waals surface area (Å²) in [7, 11) is 0. The second-order valence-electron chi connectivity index (χ2n) is 6.47. The van der Waals surface area contributed by atoms with Crippen molar-refractivity contribution in [3.63, 3.8) is 0 Å². The minimum absolute atomic E-state index is 0.0130. The molecule has 6 nitrogen and oxygen atoms in total. The average Bonchev–Trinajstić information content (AvgIpc) is 3.00. The monoisotopic (exact) mass is 400 g/mol. The highest BCUT2D eigenvalue weighted by atomic mass is 35.5. The van der Waals surface area contributed by atoms with Crippen LogP contribution in [0.5, 0.6) is 5.88 Å². The Morgan fingerprint density at radius 2 is 2.04 bits per heavy atom. The van der Waals surface area contributed by atoms with Gasteiger partial charge in [-0.1, -0.05) is 28.9 Å². The Bertz CT molecular complexity index is 1260.